The molecule has 2 aliphatic rings. The van der Waals surface area contributed by atoms with Crippen molar-refractivity contribution in [2.75, 3.05) is 19.6 Å². The third-order valence-corrected chi connectivity index (χ3v) is 5.82. The van der Waals surface area contributed by atoms with Gasteiger partial charge in [-0.1, -0.05) is 36.4 Å². The number of likely N-dealkylation sites (tertiary alicyclic amines) is 1. The van der Waals surface area contributed by atoms with E-state index in [1.807, 2.05) is 59.5 Å². The first kappa shape index (κ1) is 20.7. The number of nitrogens with one attached hydrogen (secondary N) is 1. The summed E-state index contributed by atoms with van der Waals surface area (Å²) in [5.41, 5.74) is 1.84. The lowest BCUT2D eigenvalue weighted by atomic mass is 9.88. The Bertz CT molecular complexity index is 754. The van der Waals surface area contributed by atoms with Crippen LogP contribution in [0.2, 0.25) is 0 Å². The van der Waals surface area contributed by atoms with Gasteiger partial charge in [-0.05, 0) is 61.9 Å². The minimum Gasteiger partial charge on any atom is -0.489 e. The monoisotopic (exact) mass is 400 g/mol. The largest absolute Gasteiger partial charge is 0.489 e. The van der Waals surface area contributed by atoms with Gasteiger partial charge in [0.05, 0.1) is 0 Å². The molecule has 1 N–H and O–H groups in total. The van der Waals surface area contributed by atoms with E-state index in [0.717, 1.165) is 55.3 Å². The highest BCUT2D eigenvalue weighted by Crippen LogP contribution is 2.27. The maximum atomic E-state index is 12.9. The summed E-state index contributed by atoms with van der Waals surface area (Å²) in [4.78, 5) is 14.9. The SMILES string of the molecule is Cl.O=C(c1cccc(OCc2ccccc2)c1)N1CCC(C2CCCN2)CC1. The van der Waals surface area contributed by atoms with Gasteiger partial charge in [0.2, 0.25) is 0 Å². The van der Waals surface area contributed by atoms with Crippen LogP contribution < -0.4 is 10.1 Å². The number of amides is 1. The van der Waals surface area contributed by atoms with E-state index in [0.29, 0.717) is 12.6 Å². The van der Waals surface area contributed by atoms with Crippen molar-refractivity contribution >= 4 is 18.3 Å². The Balaban J connectivity index is 0.00000225. The Morgan fingerprint density at radius 3 is 2.54 bits per heavy atom. The second-order valence-electron chi connectivity index (χ2n) is 7.63. The number of nitrogens with zero attached hydrogens (tertiary/aromatic N) is 1. The molecule has 0 saturated carbocycles. The number of halogens is 1. The number of carbonyl (C=O) groups is 1. The van der Waals surface area contributed by atoms with Gasteiger partial charge in [0, 0.05) is 24.7 Å². The Kier molecular flexibility index (Phi) is 7.35. The molecular formula is C23H29ClN2O2. The van der Waals surface area contributed by atoms with Crippen molar-refractivity contribution in [3.8, 4) is 5.75 Å². The lowest BCUT2D eigenvalue weighted by Gasteiger charge is -2.35. The molecule has 1 amide bonds. The van der Waals surface area contributed by atoms with Crippen LogP contribution >= 0.6 is 12.4 Å². The Hall–Kier alpha value is -2.04. The van der Waals surface area contributed by atoms with Crippen molar-refractivity contribution in [2.24, 2.45) is 5.92 Å². The average Bonchev–Trinajstić information content (AvgIpc) is 3.28. The van der Waals surface area contributed by atoms with Gasteiger partial charge >= 0.3 is 0 Å². The summed E-state index contributed by atoms with van der Waals surface area (Å²) < 4.78 is 5.88. The highest BCUT2D eigenvalue weighted by Gasteiger charge is 2.30. The van der Waals surface area contributed by atoms with Gasteiger partial charge in [0.1, 0.15) is 12.4 Å². The number of rotatable bonds is 5. The van der Waals surface area contributed by atoms with Gasteiger partial charge in [-0.25, -0.2) is 0 Å². The molecule has 4 rings (SSSR count). The van der Waals surface area contributed by atoms with Gasteiger partial charge < -0.3 is 15.0 Å². The van der Waals surface area contributed by atoms with Crippen molar-refractivity contribution in [3.05, 3.63) is 65.7 Å². The number of piperidine rings is 1. The van der Waals surface area contributed by atoms with E-state index in [1.54, 1.807) is 0 Å². The van der Waals surface area contributed by atoms with Crippen LogP contribution in [0.3, 0.4) is 0 Å². The Labute approximate surface area is 173 Å². The molecule has 0 aliphatic carbocycles. The molecule has 2 heterocycles. The van der Waals surface area contributed by atoms with Crippen LogP contribution in [0.5, 0.6) is 5.75 Å². The zero-order chi connectivity index (χ0) is 18.5. The van der Waals surface area contributed by atoms with E-state index in [2.05, 4.69) is 5.32 Å². The van der Waals surface area contributed by atoms with E-state index in [1.165, 1.54) is 12.8 Å². The molecule has 1 unspecified atom stereocenters. The molecule has 1 atom stereocenters. The highest BCUT2D eigenvalue weighted by atomic mass is 35.5. The summed E-state index contributed by atoms with van der Waals surface area (Å²) in [5, 5.41) is 3.62. The third kappa shape index (κ3) is 5.06. The predicted molar refractivity (Wildman–Crippen MR) is 114 cm³/mol. The van der Waals surface area contributed by atoms with Crippen LogP contribution in [0.15, 0.2) is 54.6 Å². The maximum Gasteiger partial charge on any atom is 0.253 e. The fraction of sp³-hybridized carbons (Fsp3) is 0.435. The van der Waals surface area contributed by atoms with Gasteiger partial charge in [-0.3, -0.25) is 4.79 Å². The third-order valence-electron chi connectivity index (χ3n) is 5.82. The summed E-state index contributed by atoms with van der Waals surface area (Å²) in [6, 6.07) is 18.3. The minimum atomic E-state index is 0. The molecule has 0 radical (unpaired) electrons. The molecule has 0 aromatic heterocycles. The van der Waals surface area contributed by atoms with Crippen LogP contribution in [0.4, 0.5) is 0 Å². The van der Waals surface area contributed by atoms with Crippen LogP contribution in [0.1, 0.15) is 41.6 Å². The summed E-state index contributed by atoms with van der Waals surface area (Å²) >= 11 is 0. The zero-order valence-corrected chi connectivity index (χ0v) is 17.0. The first-order valence-corrected chi connectivity index (χ1v) is 10.1. The Morgan fingerprint density at radius 1 is 1.04 bits per heavy atom. The maximum absolute atomic E-state index is 12.9. The van der Waals surface area contributed by atoms with E-state index < -0.39 is 0 Å². The fourth-order valence-electron chi connectivity index (χ4n) is 4.26. The minimum absolute atomic E-state index is 0. The lowest BCUT2D eigenvalue weighted by Crippen LogP contribution is -2.43. The van der Waals surface area contributed by atoms with Crippen molar-refractivity contribution in [1.29, 1.82) is 0 Å². The molecule has 2 aliphatic heterocycles. The summed E-state index contributed by atoms with van der Waals surface area (Å²) in [6.45, 7) is 3.38. The van der Waals surface area contributed by atoms with Crippen molar-refractivity contribution in [1.82, 2.24) is 10.2 Å². The Morgan fingerprint density at radius 2 is 1.82 bits per heavy atom. The number of ether oxygens (including phenoxy) is 1. The molecule has 2 saturated heterocycles. The van der Waals surface area contributed by atoms with Crippen LogP contribution in [0, 0.1) is 5.92 Å². The second-order valence-corrected chi connectivity index (χ2v) is 7.63. The van der Waals surface area contributed by atoms with Crippen molar-refractivity contribution in [3.63, 3.8) is 0 Å². The first-order valence-electron chi connectivity index (χ1n) is 10.1. The molecule has 150 valence electrons. The molecule has 4 nitrogen and oxygen atoms in total. The van der Waals surface area contributed by atoms with Crippen LogP contribution in [0.25, 0.3) is 0 Å². The van der Waals surface area contributed by atoms with Crippen LogP contribution in [-0.2, 0) is 6.61 Å². The number of benzene rings is 2. The quantitative estimate of drug-likeness (QED) is 0.813. The predicted octanol–water partition coefficient (Wildman–Crippen LogP) is 4.29. The lowest BCUT2D eigenvalue weighted by molar-refractivity contribution is 0.0674. The zero-order valence-electron chi connectivity index (χ0n) is 16.2. The average molecular weight is 401 g/mol. The van der Waals surface area contributed by atoms with Gasteiger partial charge in [-0.2, -0.15) is 0 Å². The van der Waals surface area contributed by atoms with Crippen molar-refractivity contribution in [2.45, 2.75) is 38.3 Å². The standard InChI is InChI=1S/C23H28N2O2.ClH/c26-23(25-14-11-19(12-15-25)22-10-5-13-24-22)20-8-4-9-21(16-20)27-17-18-6-2-1-3-7-18;/h1-4,6-9,16,19,22,24H,5,10-15,17H2;1H. The van der Waals surface area contributed by atoms with Crippen LogP contribution in [-0.4, -0.2) is 36.5 Å². The van der Waals surface area contributed by atoms with Gasteiger partial charge in [0.15, 0.2) is 0 Å². The van der Waals surface area contributed by atoms with Gasteiger partial charge in [-0.15, -0.1) is 12.4 Å². The van der Waals surface area contributed by atoms with E-state index >= 15 is 0 Å². The number of hydrogen-bond acceptors (Lipinski definition) is 3. The normalized spacial score (nSPS) is 19.9. The summed E-state index contributed by atoms with van der Waals surface area (Å²) in [6.07, 6.45) is 4.79. The summed E-state index contributed by atoms with van der Waals surface area (Å²) in [7, 11) is 0. The fourth-order valence-corrected chi connectivity index (χ4v) is 4.26. The molecule has 28 heavy (non-hydrogen) atoms. The molecule has 0 bridgehead atoms. The molecule has 2 fully saturated rings. The molecule has 0 spiro atoms. The smallest absolute Gasteiger partial charge is 0.253 e. The molecule has 5 heteroatoms. The van der Waals surface area contributed by atoms with E-state index in [4.69, 9.17) is 4.74 Å². The van der Waals surface area contributed by atoms with Gasteiger partial charge in [0.25, 0.3) is 5.91 Å². The highest BCUT2D eigenvalue weighted by molar-refractivity contribution is 5.94. The molecule has 2 aromatic rings. The van der Waals surface area contributed by atoms with E-state index in [9.17, 15) is 4.79 Å². The second kappa shape index (κ2) is 9.94. The number of hydrogen-bond donors (Lipinski definition) is 1. The van der Waals surface area contributed by atoms with E-state index in [-0.39, 0.29) is 18.3 Å². The molecular weight excluding hydrogens is 372 g/mol. The first-order chi connectivity index (χ1) is 13.3. The number of carbonyl (C=O) groups excluding carboxylic acids is 1. The molecule has 2 aromatic carbocycles. The topological polar surface area (TPSA) is 41.6 Å². The van der Waals surface area contributed by atoms with Crippen molar-refractivity contribution < 1.29 is 9.53 Å². The summed E-state index contributed by atoms with van der Waals surface area (Å²) in [5.74, 6) is 1.59.